The summed E-state index contributed by atoms with van der Waals surface area (Å²) >= 11 is 4.78. The third-order valence-electron chi connectivity index (χ3n) is 3.05. The minimum absolute atomic E-state index is 0.262. The summed E-state index contributed by atoms with van der Waals surface area (Å²) in [4.78, 5) is 13.2. The summed E-state index contributed by atoms with van der Waals surface area (Å²) < 4.78 is 44.7. The Bertz CT molecular complexity index is 599. The summed E-state index contributed by atoms with van der Waals surface area (Å²) in [5.41, 5.74) is -0.563. The number of aliphatic hydroxyl groups excluding tert-OH is 2. The molecule has 1 aromatic heterocycles. The number of aliphatic hydroxyl groups is 2. The van der Waals surface area contributed by atoms with Gasteiger partial charge in [-0.2, -0.15) is 13.2 Å². The standard InChI is InChI=1S/C10H11F3N2O4S/c11-10(12,13)6-7(18)4(3-16)19-8(6)15-2-1-5(17)14-9(15)20/h1-2,4,6-8,16,18H,3H2,(H,14,17,20)/t4-,6?,7+,8-/m1/s1. The number of nitrogens with zero attached hydrogens (tertiary/aromatic N) is 1. The highest BCUT2D eigenvalue weighted by molar-refractivity contribution is 7.71. The summed E-state index contributed by atoms with van der Waals surface area (Å²) in [6, 6.07) is 0.991. The second kappa shape index (κ2) is 5.28. The number of hydrogen-bond acceptors (Lipinski definition) is 5. The molecule has 3 N–H and O–H groups in total. The zero-order valence-corrected chi connectivity index (χ0v) is 10.7. The van der Waals surface area contributed by atoms with Crippen molar-refractivity contribution in [1.82, 2.24) is 9.55 Å². The van der Waals surface area contributed by atoms with Gasteiger partial charge in [-0.25, -0.2) is 0 Å². The molecule has 0 spiro atoms. The van der Waals surface area contributed by atoms with Crippen molar-refractivity contribution in [2.45, 2.75) is 24.6 Å². The average molecular weight is 312 g/mol. The van der Waals surface area contributed by atoms with E-state index in [4.69, 9.17) is 22.1 Å². The Morgan fingerprint density at radius 1 is 1.50 bits per heavy atom. The molecule has 112 valence electrons. The molecule has 1 aliphatic rings. The summed E-state index contributed by atoms with van der Waals surface area (Å²) in [7, 11) is 0. The highest BCUT2D eigenvalue weighted by Crippen LogP contribution is 2.44. The zero-order chi connectivity index (χ0) is 15.1. The van der Waals surface area contributed by atoms with E-state index in [0.717, 1.165) is 16.8 Å². The molecule has 0 aliphatic carbocycles. The van der Waals surface area contributed by atoms with Gasteiger partial charge in [0.1, 0.15) is 12.0 Å². The molecule has 1 saturated heterocycles. The van der Waals surface area contributed by atoms with E-state index in [-0.39, 0.29) is 4.77 Å². The van der Waals surface area contributed by atoms with Crippen molar-refractivity contribution < 1.29 is 28.1 Å². The van der Waals surface area contributed by atoms with Crippen LogP contribution >= 0.6 is 12.2 Å². The number of nitrogens with one attached hydrogen (secondary N) is 1. The molecule has 1 aromatic rings. The summed E-state index contributed by atoms with van der Waals surface area (Å²) in [5, 5.41) is 18.6. The molecule has 0 bridgehead atoms. The maximum absolute atomic E-state index is 13.0. The molecule has 0 aromatic carbocycles. The first-order valence-electron chi connectivity index (χ1n) is 5.58. The van der Waals surface area contributed by atoms with Gasteiger partial charge in [-0.15, -0.1) is 0 Å². The molecule has 4 atom stereocenters. The van der Waals surface area contributed by atoms with Gasteiger partial charge in [0.25, 0.3) is 5.56 Å². The quantitative estimate of drug-likeness (QED) is 0.685. The van der Waals surface area contributed by atoms with E-state index < -0.39 is 42.7 Å². The van der Waals surface area contributed by atoms with Crippen LogP contribution in [0.2, 0.25) is 0 Å². The number of rotatable bonds is 2. The van der Waals surface area contributed by atoms with Gasteiger partial charge in [0, 0.05) is 12.3 Å². The number of alkyl halides is 3. The molecule has 10 heteroatoms. The van der Waals surface area contributed by atoms with E-state index in [1.165, 1.54) is 0 Å². The minimum atomic E-state index is -4.75. The Morgan fingerprint density at radius 2 is 2.15 bits per heavy atom. The molecule has 6 nitrogen and oxygen atoms in total. The van der Waals surface area contributed by atoms with Crippen molar-refractivity contribution >= 4 is 12.2 Å². The molecular weight excluding hydrogens is 301 g/mol. The first-order valence-corrected chi connectivity index (χ1v) is 5.99. The number of ether oxygens (including phenoxy) is 1. The van der Waals surface area contributed by atoms with Crippen molar-refractivity contribution in [1.29, 1.82) is 0 Å². The molecule has 0 amide bonds. The fourth-order valence-electron chi connectivity index (χ4n) is 2.12. The first kappa shape index (κ1) is 15.2. The van der Waals surface area contributed by atoms with Crippen LogP contribution < -0.4 is 5.56 Å². The van der Waals surface area contributed by atoms with Gasteiger partial charge in [-0.1, -0.05) is 0 Å². The number of aromatic nitrogens is 2. The maximum atomic E-state index is 13.0. The van der Waals surface area contributed by atoms with Gasteiger partial charge < -0.3 is 14.9 Å². The molecular formula is C10H11F3N2O4S. The molecule has 1 unspecified atom stereocenters. The number of H-pyrrole nitrogens is 1. The molecule has 2 rings (SSSR count). The normalized spacial score (nSPS) is 30.6. The third-order valence-corrected chi connectivity index (χ3v) is 3.37. The van der Waals surface area contributed by atoms with E-state index in [2.05, 4.69) is 4.98 Å². The van der Waals surface area contributed by atoms with Crippen LogP contribution in [0.3, 0.4) is 0 Å². The molecule has 0 radical (unpaired) electrons. The average Bonchev–Trinajstić information content (AvgIpc) is 2.65. The SMILES string of the molecule is O=c1ccn([C@@H]2O[C@H](CO)[C@H](O)C2C(F)(F)F)c(=S)[nH]1. The zero-order valence-electron chi connectivity index (χ0n) is 9.87. The Morgan fingerprint density at radius 3 is 2.65 bits per heavy atom. The van der Waals surface area contributed by atoms with Crippen molar-refractivity contribution in [3.05, 3.63) is 27.4 Å². The van der Waals surface area contributed by atoms with Crippen molar-refractivity contribution in [3.8, 4) is 0 Å². The molecule has 1 aliphatic heterocycles. The van der Waals surface area contributed by atoms with E-state index in [1.54, 1.807) is 0 Å². The summed E-state index contributed by atoms with van der Waals surface area (Å²) in [6.07, 6.45) is -8.64. The highest BCUT2D eigenvalue weighted by atomic mass is 32.1. The highest BCUT2D eigenvalue weighted by Gasteiger charge is 2.57. The molecule has 0 saturated carbocycles. The molecule has 20 heavy (non-hydrogen) atoms. The lowest BCUT2D eigenvalue weighted by atomic mass is 9.99. The summed E-state index contributed by atoms with van der Waals surface area (Å²) in [5.74, 6) is -2.25. The van der Waals surface area contributed by atoms with Crippen molar-refractivity contribution in [3.63, 3.8) is 0 Å². The maximum Gasteiger partial charge on any atom is 0.398 e. The van der Waals surface area contributed by atoms with Crippen LogP contribution in [0, 0.1) is 10.7 Å². The third kappa shape index (κ3) is 2.64. The Hall–Kier alpha value is -1.23. The molecule has 1 fully saturated rings. The van der Waals surface area contributed by atoms with Crippen LogP contribution in [0.25, 0.3) is 0 Å². The van der Waals surface area contributed by atoms with Gasteiger partial charge in [-0.3, -0.25) is 14.3 Å². The fraction of sp³-hybridized carbons (Fsp3) is 0.600. The second-order valence-electron chi connectivity index (χ2n) is 4.32. The monoisotopic (exact) mass is 312 g/mol. The van der Waals surface area contributed by atoms with E-state index in [0.29, 0.717) is 0 Å². The van der Waals surface area contributed by atoms with Gasteiger partial charge in [0.2, 0.25) is 0 Å². The van der Waals surface area contributed by atoms with Crippen molar-refractivity contribution in [2.24, 2.45) is 5.92 Å². The lowest BCUT2D eigenvalue weighted by Crippen LogP contribution is -2.39. The largest absolute Gasteiger partial charge is 0.398 e. The second-order valence-corrected chi connectivity index (χ2v) is 4.71. The molecule has 2 heterocycles. The predicted molar refractivity (Wildman–Crippen MR) is 62.4 cm³/mol. The Labute approximate surface area is 115 Å². The van der Waals surface area contributed by atoms with Crippen LogP contribution in [0.15, 0.2) is 17.1 Å². The summed E-state index contributed by atoms with van der Waals surface area (Å²) in [6.45, 7) is -0.763. The first-order chi connectivity index (χ1) is 9.25. The van der Waals surface area contributed by atoms with Crippen LogP contribution in [0.4, 0.5) is 13.2 Å². The Balaban J connectivity index is 2.47. The van der Waals surface area contributed by atoms with E-state index in [1.807, 2.05) is 0 Å². The van der Waals surface area contributed by atoms with Gasteiger partial charge in [-0.05, 0) is 12.2 Å². The topological polar surface area (TPSA) is 87.5 Å². The predicted octanol–water partition coefficient (Wildman–Crippen LogP) is 0.335. The lowest BCUT2D eigenvalue weighted by Gasteiger charge is -2.24. The van der Waals surface area contributed by atoms with Gasteiger partial charge in [0.05, 0.1) is 12.7 Å². The van der Waals surface area contributed by atoms with Gasteiger partial charge >= 0.3 is 6.18 Å². The lowest BCUT2D eigenvalue weighted by molar-refractivity contribution is -0.211. The van der Waals surface area contributed by atoms with Crippen LogP contribution in [0.5, 0.6) is 0 Å². The fourth-order valence-corrected chi connectivity index (χ4v) is 2.38. The van der Waals surface area contributed by atoms with Crippen molar-refractivity contribution in [2.75, 3.05) is 6.61 Å². The van der Waals surface area contributed by atoms with Crippen LogP contribution in [-0.4, -0.2) is 44.8 Å². The van der Waals surface area contributed by atoms with Crippen LogP contribution in [0.1, 0.15) is 6.23 Å². The van der Waals surface area contributed by atoms with E-state index in [9.17, 15) is 23.1 Å². The number of aromatic amines is 1. The van der Waals surface area contributed by atoms with E-state index >= 15 is 0 Å². The van der Waals surface area contributed by atoms with Crippen LogP contribution in [-0.2, 0) is 4.74 Å². The number of hydrogen-bond donors (Lipinski definition) is 3. The number of halogens is 3. The van der Waals surface area contributed by atoms with Gasteiger partial charge in [0.15, 0.2) is 11.0 Å². The Kier molecular flexibility index (Phi) is 4.00. The minimum Gasteiger partial charge on any atom is -0.394 e. The smallest absolute Gasteiger partial charge is 0.394 e.